The fraction of sp³-hybridized carbons (Fsp3) is 0.235. The number of ketones is 1. The molecule has 3 nitrogen and oxygen atoms in total. The van der Waals surface area contributed by atoms with Crippen LogP contribution in [0.5, 0.6) is 11.5 Å². The summed E-state index contributed by atoms with van der Waals surface area (Å²) < 4.78 is 12.4. The Morgan fingerprint density at radius 3 is 2.90 bits per heavy atom. The van der Waals surface area contributed by atoms with Gasteiger partial charge in [-0.3, -0.25) is 4.79 Å². The first-order valence-corrected chi connectivity index (χ1v) is 7.75. The lowest BCUT2D eigenvalue weighted by atomic mass is 9.99. The minimum atomic E-state index is -0.454. The minimum Gasteiger partial charge on any atom is -0.492 e. The number of halogens is 1. The fourth-order valence-corrected chi connectivity index (χ4v) is 3.46. The molecule has 0 saturated carbocycles. The van der Waals surface area contributed by atoms with Gasteiger partial charge in [0.25, 0.3) is 0 Å². The first-order chi connectivity index (χ1) is 10.2. The van der Waals surface area contributed by atoms with Gasteiger partial charge in [0.2, 0.25) is 5.78 Å². The van der Waals surface area contributed by atoms with Gasteiger partial charge < -0.3 is 9.47 Å². The molecule has 0 N–H and O–H groups in total. The summed E-state index contributed by atoms with van der Waals surface area (Å²) in [5, 5.41) is 0. The van der Waals surface area contributed by atoms with Gasteiger partial charge in [0.15, 0.2) is 6.10 Å². The van der Waals surface area contributed by atoms with Gasteiger partial charge in [0.1, 0.15) is 11.5 Å². The molecule has 21 heavy (non-hydrogen) atoms. The fourth-order valence-electron chi connectivity index (χ4n) is 2.95. The van der Waals surface area contributed by atoms with Gasteiger partial charge in [-0.15, -0.1) is 0 Å². The van der Waals surface area contributed by atoms with E-state index >= 15 is 0 Å². The van der Waals surface area contributed by atoms with Crippen molar-refractivity contribution in [2.24, 2.45) is 0 Å². The van der Waals surface area contributed by atoms with Crippen molar-refractivity contribution < 1.29 is 14.3 Å². The van der Waals surface area contributed by atoms with Gasteiger partial charge in [-0.25, -0.2) is 0 Å². The Bertz CT molecular complexity index is 714. The van der Waals surface area contributed by atoms with Crippen LogP contribution in [0.4, 0.5) is 0 Å². The molecule has 2 aromatic carbocycles. The van der Waals surface area contributed by atoms with Crippen molar-refractivity contribution >= 4 is 21.7 Å². The maximum absolute atomic E-state index is 12.8. The summed E-state index contributed by atoms with van der Waals surface area (Å²) in [5.41, 5.74) is 2.79. The van der Waals surface area contributed by atoms with Crippen LogP contribution in [0.15, 0.2) is 40.9 Å². The molecule has 2 heterocycles. The predicted octanol–water partition coefficient (Wildman–Crippen LogP) is 3.57. The molecule has 2 aliphatic heterocycles. The van der Waals surface area contributed by atoms with Crippen LogP contribution in [-0.4, -0.2) is 18.5 Å². The predicted molar refractivity (Wildman–Crippen MR) is 82.2 cm³/mol. The highest BCUT2D eigenvalue weighted by Crippen LogP contribution is 2.36. The molecular weight excluding hydrogens is 332 g/mol. The summed E-state index contributed by atoms with van der Waals surface area (Å²) in [6, 6.07) is 11.7. The zero-order valence-corrected chi connectivity index (χ0v) is 12.9. The lowest BCUT2D eigenvalue weighted by molar-refractivity contribution is 0.0821. The Hall–Kier alpha value is -1.81. The largest absolute Gasteiger partial charge is 0.492 e. The maximum atomic E-state index is 12.8. The Balaban J connectivity index is 1.68. The van der Waals surface area contributed by atoms with Crippen molar-refractivity contribution in [1.29, 1.82) is 0 Å². The number of benzene rings is 2. The number of rotatable bonds is 2. The Labute approximate surface area is 131 Å². The van der Waals surface area contributed by atoms with E-state index in [9.17, 15) is 4.79 Å². The zero-order valence-electron chi connectivity index (χ0n) is 11.3. The van der Waals surface area contributed by atoms with E-state index in [1.165, 1.54) is 0 Å². The lowest BCUT2D eigenvalue weighted by Gasteiger charge is -2.13. The second-order valence-electron chi connectivity index (χ2n) is 5.32. The quantitative estimate of drug-likeness (QED) is 0.781. The molecule has 106 valence electrons. The third-order valence-corrected chi connectivity index (χ3v) is 4.41. The van der Waals surface area contributed by atoms with Crippen molar-refractivity contribution in [2.75, 3.05) is 6.61 Å². The molecule has 0 fully saturated rings. The molecule has 0 spiro atoms. The number of hydrogen-bond acceptors (Lipinski definition) is 3. The third kappa shape index (κ3) is 2.14. The van der Waals surface area contributed by atoms with Crippen molar-refractivity contribution in [2.45, 2.75) is 18.9 Å². The van der Waals surface area contributed by atoms with E-state index < -0.39 is 6.10 Å². The molecule has 2 aromatic rings. The van der Waals surface area contributed by atoms with Crippen LogP contribution < -0.4 is 9.47 Å². The highest BCUT2D eigenvalue weighted by Gasteiger charge is 2.33. The number of para-hydroxylation sites is 1. The highest BCUT2D eigenvalue weighted by molar-refractivity contribution is 9.10. The first-order valence-electron chi connectivity index (χ1n) is 6.96. The number of Topliss-reactive ketones (excluding diaryl/α,β-unsaturated/α-hetero) is 1. The van der Waals surface area contributed by atoms with E-state index in [0.29, 0.717) is 18.6 Å². The van der Waals surface area contributed by atoms with Crippen LogP contribution in [0, 0.1) is 0 Å². The second kappa shape index (κ2) is 4.88. The molecule has 0 bridgehead atoms. The number of ether oxygens (including phenoxy) is 2. The van der Waals surface area contributed by atoms with E-state index in [2.05, 4.69) is 15.9 Å². The van der Waals surface area contributed by atoms with E-state index in [-0.39, 0.29) is 5.78 Å². The van der Waals surface area contributed by atoms with Crippen LogP contribution in [0.25, 0.3) is 0 Å². The molecule has 0 radical (unpaired) electrons. The SMILES string of the molecule is O=C(c1cc(Br)cc2c1OCC2)C1Cc2ccccc2O1. The summed E-state index contributed by atoms with van der Waals surface area (Å²) in [6.45, 7) is 0.637. The van der Waals surface area contributed by atoms with E-state index in [1.807, 2.05) is 36.4 Å². The van der Waals surface area contributed by atoms with E-state index in [0.717, 1.165) is 33.5 Å². The molecule has 1 atom stereocenters. The number of carbonyl (C=O) groups excluding carboxylic acids is 1. The molecule has 2 aliphatic rings. The summed E-state index contributed by atoms with van der Waals surface area (Å²) in [5.74, 6) is 1.52. The van der Waals surface area contributed by atoms with Crippen molar-refractivity contribution in [3.63, 3.8) is 0 Å². The van der Waals surface area contributed by atoms with Gasteiger partial charge in [-0.1, -0.05) is 34.1 Å². The Morgan fingerprint density at radius 2 is 2.05 bits per heavy atom. The monoisotopic (exact) mass is 344 g/mol. The van der Waals surface area contributed by atoms with Crippen molar-refractivity contribution in [3.8, 4) is 11.5 Å². The maximum Gasteiger partial charge on any atom is 0.207 e. The molecule has 1 unspecified atom stereocenters. The molecule has 0 aromatic heterocycles. The third-order valence-electron chi connectivity index (χ3n) is 3.95. The minimum absolute atomic E-state index is 0.00866. The van der Waals surface area contributed by atoms with Crippen LogP contribution >= 0.6 is 15.9 Å². The van der Waals surface area contributed by atoms with Crippen molar-refractivity contribution in [1.82, 2.24) is 0 Å². The van der Waals surface area contributed by atoms with E-state index in [4.69, 9.17) is 9.47 Å². The average Bonchev–Trinajstić information content (AvgIpc) is 3.11. The van der Waals surface area contributed by atoms with Crippen LogP contribution in [0.1, 0.15) is 21.5 Å². The standard InChI is InChI=1S/C17H13BrO3/c18-12-7-11-5-6-20-17(11)13(9-12)16(19)15-8-10-3-1-2-4-14(10)21-15/h1-4,7,9,15H,5-6,8H2. The molecule has 0 amide bonds. The van der Waals surface area contributed by atoms with E-state index in [1.54, 1.807) is 0 Å². The topological polar surface area (TPSA) is 35.5 Å². The number of hydrogen-bond donors (Lipinski definition) is 0. The van der Waals surface area contributed by atoms with Gasteiger partial charge in [0, 0.05) is 17.3 Å². The summed E-state index contributed by atoms with van der Waals surface area (Å²) in [6.07, 6.45) is 1.02. The summed E-state index contributed by atoms with van der Waals surface area (Å²) >= 11 is 3.47. The average molecular weight is 345 g/mol. The zero-order chi connectivity index (χ0) is 14.4. The van der Waals surface area contributed by atoms with Gasteiger partial charge in [-0.05, 0) is 29.3 Å². The van der Waals surface area contributed by atoms with Crippen LogP contribution in [0.3, 0.4) is 0 Å². The number of carbonyl (C=O) groups is 1. The van der Waals surface area contributed by atoms with Crippen LogP contribution in [-0.2, 0) is 12.8 Å². The molecule has 0 saturated heterocycles. The van der Waals surface area contributed by atoms with Gasteiger partial charge in [0.05, 0.1) is 12.2 Å². The highest BCUT2D eigenvalue weighted by atomic mass is 79.9. The second-order valence-corrected chi connectivity index (χ2v) is 6.24. The summed E-state index contributed by atoms with van der Waals surface area (Å²) in [7, 11) is 0. The molecule has 0 aliphatic carbocycles. The summed E-state index contributed by atoms with van der Waals surface area (Å²) in [4.78, 5) is 12.8. The first kappa shape index (κ1) is 12.9. The van der Waals surface area contributed by atoms with Crippen LogP contribution in [0.2, 0.25) is 0 Å². The smallest absolute Gasteiger partial charge is 0.207 e. The molecule has 4 heteroatoms. The Morgan fingerprint density at radius 1 is 1.19 bits per heavy atom. The molecular formula is C17H13BrO3. The lowest BCUT2D eigenvalue weighted by Crippen LogP contribution is -2.25. The normalized spacial score (nSPS) is 18.6. The Kier molecular flexibility index (Phi) is 3.00. The van der Waals surface area contributed by atoms with Gasteiger partial charge >= 0.3 is 0 Å². The number of fused-ring (bicyclic) bond motifs is 2. The van der Waals surface area contributed by atoms with Crippen molar-refractivity contribution in [3.05, 3.63) is 57.6 Å². The van der Waals surface area contributed by atoms with Gasteiger partial charge in [-0.2, -0.15) is 0 Å². The molecule has 4 rings (SSSR count).